The van der Waals surface area contributed by atoms with Crippen LogP contribution in [0.4, 0.5) is 5.69 Å². The number of aryl methyl sites for hydroxylation is 1. The molecule has 0 bridgehead atoms. The minimum absolute atomic E-state index is 0.0282. The number of rotatable bonds is 10. The summed E-state index contributed by atoms with van der Waals surface area (Å²) in [6.45, 7) is 4.14. The molecule has 0 aliphatic rings. The van der Waals surface area contributed by atoms with Gasteiger partial charge in [-0.05, 0) is 54.8 Å². The Morgan fingerprint density at radius 1 is 0.912 bits per heavy atom. The molecule has 1 N–H and O–H groups in total. The number of para-hydroxylation sites is 1. The number of carbonyl (C=O) groups excluding carboxylic acids is 1. The lowest BCUT2D eigenvalue weighted by Gasteiger charge is -2.16. The maximum absolute atomic E-state index is 13.1. The van der Waals surface area contributed by atoms with Gasteiger partial charge in [-0.15, -0.1) is 22.0 Å². The van der Waals surface area contributed by atoms with Gasteiger partial charge in [-0.2, -0.15) is 0 Å². The van der Waals surface area contributed by atoms with Crippen molar-refractivity contribution in [2.45, 2.75) is 47.7 Å². The van der Waals surface area contributed by atoms with Crippen LogP contribution >= 0.6 is 23.5 Å². The van der Waals surface area contributed by atoms with E-state index < -0.39 is 0 Å². The fraction of sp³-hybridized carbons (Fsp3) is 0.222. The Bertz CT molecular complexity index is 1190. The zero-order valence-corrected chi connectivity index (χ0v) is 21.0. The zero-order valence-electron chi connectivity index (χ0n) is 19.3. The molecule has 5 nitrogen and oxygen atoms in total. The second kappa shape index (κ2) is 11.9. The first-order valence-electron chi connectivity index (χ1n) is 11.4. The van der Waals surface area contributed by atoms with E-state index in [-0.39, 0.29) is 11.2 Å². The van der Waals surface area contributed by atoms with Crippen molar-refractivity contribution in [1.29, 1.82) is 0 Å². The van der Waals surface area contributed by atoms with E-state index >= 15 is 0 Å². The molecule has 0 fully saturated rings. The number of anilines is 1. The Hall–Kier alpha value is -3.03. The highest BCUT2D eigenvalue weighted by molar-refractivity contribution is 8.00. The van der Waals surface area contributed by atoms with Gasteiger partial charge in [-0.1, -0.05) is 74.1 Å². The van der Waals surface area contributed by atoms with Gasteiger partial charge in [0.1, 0.15) is 5.82 Å². The van der Waals surface area contributed by atoms with Crippen LogP contribution in [-0.4, -0.2) is 25.9 Å². The van der Waals surface area contributed by atoms with Crippen LogP contribution in [0.5, 0.6) is 0 Å². The number of hydrogen-bond donors (Lipinski definition) is 1. The molecule has 0 radical (unpaired) electrons. The van der Waals surface area contributed by atoms with Crippen molar-refractivity contribution in [1.82, 2.24) is 14.8 Å². The molecule has 1 aromatic heterocycles. The average molecular weight is 489 g/mol. The molecule has 174 valence electrons. The third kappa shape index (κ3) is 6.10. The Balaban J connectivity index is 1.54. The quantitative estimate of drug-likeness (QED) is 0.254. The van der Waals surface area contributed by atoms with E-state index in [1.54, 1.807) is 11.8 Å². The van der Waals surface area contributed by atoms with Gasteiger partial charge >= 0.3 is 0 Å². The molecule has 34 heavy (non-hydrogen) atoms. The predicted molar refractivity (Wildman–Crippen MR) is 142 cm³/mol. The van der Waals surface area contributed by atoms with Gasteiger partial charge in [0.2, 0.25) is 5.91 Å². The van der Waals surface area contributed by atoms with E-state index in [0.29, 0.717) is 12.2 Å². The lowest BCUT2D eigenvalue weighted by Crippen LogP contribution is -2.25. The van der Waals surface area contributed by atoms with E-state index in [4.69, 9.17) is 0 Å². The van der Waals surface area contributed by atoms with E-state index in [9.17, 15) is 4.79 Å². The molecule has 3 aromatic carbocycles. The van der Waals surface area contributed by atoms with Crippen LogP contribution in [-0.2, 0) is 17.0 Å². The van der Waals surface area contributed by atoms with Crippen LogP contribution in [0.15, 0.2) is 95.0 Å². The standard InChI is InChI=1S/C27H28N4OS2/c1-3-20-15-17-21(18-16-20)28-26(32)24(4-2)34-27-30-29-25(19-33-23-13-9-6-10-14-23)31(27)22-11-7-5-8-12-22/h5-18,24H,3-4,19H2,1-2H3,(H,28,32). The topological polar surface area (TPSA) is 59.8 Å². The summed E-state index contributed by atoms with van der Waals surface area (Å²) < 4.78 is 2.06. The Morgan fingerprint density at radius 2 is 1.59 bits per heavy atom. The molecule has 1 atom stereocenters. The Labute approximate surface area is 209 Å². The average Bonchev–Trinajstić information content (AvgIpc) is 3.30. The molecule has 0 spiro atoms. The van der Waals surface area contributed by atoms with Gasteiger partial charge < -0.3 is 5.32 Å². The van der Waals surface area contributed by atoms with Crippen molar-refractivity contribution in [3.05, 3.63) is 96.3 Å². The molecule has 7 heteroatoms. The van der Waals surface area contributed by atoms with E-state index in [1.165, 1.54) is 22.2 Å². The molecule has 0 saturated heterocycles. The molecular weight excluding hydrogens is 460 g/mol. The van der Waals surface area contributed by atoms with Crippen LogP contribution in [0, 0.1) is 0 Å². The minimum Gasteiger partial charge on any atom is -0.325 e. The largest absolute Gasteiger partial charge is 0.325 e. The molecule has 4 aromatic rings. The minimum atomic E-state index is -0.285. The molecule has 1 amide bonds. The second-order valence-electron chi connectivity index (χ2n) is 7.73. The number of thioether (sulfide) groups is 2. The van der Waals surface area contributed by atoms with Crippen LogP contribution < -0.4 is 5.32 Å². The Kier molecular flexibility index (Phi) is 8.44. The third-order valence-electron chi connectivity index (χ3n) is 5.37. The van der Waals surface area contributed by atoms with Gasteiger partial charge in [-0.3, -0.25) is 9.36 Å². The lowest BCUT2D eigenvalue weighted by atomic mass is 10.1. The normalized spacial score (nSPS) is 11.8. The number of amides is 1. The summed E-state index contributed by atoms with van der Waals surface area (Å²) in [6.07, 6.45) is 1.65. The highest BCUT2D eigenvalue weighted by Gasteiger charge is 2.23. The van der Waals surface area contributed by atoms with Crippen molar-refractivity contribution < 1.29 is 4.79 Å². The zero-order chi connectivity index (χ0) is 23.8. The molecule has 0 aliphatic carbocycles. The SMILES string of the molecule is CCc1ccc(NC(=O)C(CC)Sc2nnc(CSc3ccccc3)n2-c2ccccc2)cc1. The Morgan fingerprint density at radius 3 is 2.24 bits per heavy atom. The fourth-order valence-electron chi connectivity index (χ4n) is 3.47. The molecule has 1 heterocycles. The molecular formula is C27H28N4OS2. The summed E-state index contributed by atoms with van der Waals surface area (Å²) in [4.78, 5) is 14.3. The number of aromatic nitrogens is 3. The van der Waals surface area contributed by atoms with Crippen LogP contribution in [0.25, 0.3) is 5.69 Å². The van der Waals surface area contributed by atoms with Gasteiger partial charge in [-0.25, -0.2) is 0 Å². The van der Waals surface area contributed by atoms with E-state index in [1.807, 2.05) is 79.7 Å². The van der Waals surface area contributed by atoms with Crippen LogP contribution in [0.3, 0.4) is 0 Å². The van der Waals surface area contributed by atoms with Gasteiger partial charge in [0.15, 0.2) is 5.16 Å². The van der Waals surface area contributed by atoms with Crippen LogP contribution in [0.1, 0.15) is 31.7 Å². The van der Waals surface area contributed by atoms with Crippen molar-refractivity contribution >= 4 is 35.1 Å². The number of carbonyl (C=O) groups is 1. The summed E-state index contributed by atoms with van der Waals surface area (Å²) in [5.74, 6) is 1.51. The van der Waals surface area contributed by atoms with Gasteiger partial charge in [0.05, 0.1) is 11.0 Å². The summed E-state index contributed by atoms with van der Waals surface area (Å²) >= 11 is 3.18. The smallest absolute Gasteiger partial charge is 0.237 e. The number of benzene rings is 3. The first-order valence-corrected chi connectivity index (χ1v) is 13.3. The maximum Gasteiger partial charge on any atom is 0.237 e. The monoisotopic (exact) mass is 488 g/mol. The van der Waals surface area contributed by atoms with Gasteiger partial charge in [0, 0.05) is 16.3 Å². The van der Waals surface area contributed by atoms with Crippen molar-refractivity contribution in [3.63, 3.8) is 0 Å². The summed E-state index contributed by atoms with van der Waals surface area (Å²) in [5.41, 5.74) is 3.05. The lowest BCUT2D eigenvalue weighted by molar-refractivity contribution is -0.115. The highest BCUT2D eigenvalue weighted by atomic mass is 32.2. The predicted octanol–water partition coefficient (Wildman–Crippen LogP) is 6.63. The van der Waals surface area contributed by atoms with E-state index in [0.717, 1.165) is 28.8 Å². The summed E-state index contributed by atoms with van der Waals surface area (Å²) in [7, 11) is 0. The first-order chi connectivity index (χ1) is 16.7. The van der Waals surface area contributed by atoms with Crippen molar-refractivity contribution in [3.8, 4) is 5.69 Å². The maximum atomic E-state index is 13.1. The second-order valence-corrected chi connectivity index (χ2v) is 9.94. The van der Waals surface area contributed by atoms with Crippen molar-refractivity contribution in [2.24, 2.45) is 0 Å². The number of nitrogens with one attached hydrogen (secondary N) is 1. The number of nitrogens with zero attached hydrogens (tertiary/aromatic N) is 3. The first kappa shape index (κ1) is 24.1. The molecule has 4 rings (SSSR count). The van der Waals surface area contributed by atoms with E-state index in [2.05, 4.69) is 39.1 Å². The van der Waals surface area contributed by atoms with Gasteiger partial charge in [0.25, 0.3) is 0 Å². The molecule has 1 unspecified atom stereocenters. The van der Waals surface area contributed by atoms with Crippen LogP contribution in [0.2, 0.25) is 0 Å². The number of hydrogen-bond acceptors (Lipinski definition) is 5. The molecule has 0 aliphatic heterocycles. The fourth-order valence-corrected chi connectivity index (χ4v) is 5.29. The highest BCUT2D eigenvalue weighted by Crippen LogP contribution is 2.30. The summed E-state index contributed by atoms with van der Waals surface area (Å²) in [5, 5.41) is 12.5. The summed E-state index contributed by atoms with van der Waals surface area (Å²) in [6, 6.07) is 28.4. The molecule has 0 saturated carbocycles. The third-order valence-corrected chi connectivity index (χ3v) is 7.68. The van der Waals surface area contributed by atoms with Crippen molar-refractivity contribution in [2.75, 3.05) is 5.32 Å².